The minimum absolute atomic E-state index is 0.111. The van der Waals surface area contributed by atoms with Gasteiger partial charge in [-0.3, -0.25) is 10.1 Å². The van der Waals surface area contributed by atoms with Gasteiger partial charge in [-0.1, -0.05) is 0 Å². The third-order valence-corrected chi connectivity index (χ3v) is 8.34. The minimum Gasteiger partial charge on any atom is -0.493 e. The van der Waals surface area contributed by atoms with E-state index in [9.17, 15) is 18.5 Å². The van der Waals surface area contributed by atoms with Gasteiger partial charge in [-0.15, -0.1) is 0 Å². The highest BCUT2D eigenvalue weighted by atomic mass is 32.2. The van der Waals surface area contributed by atoms with Gasteiger partial charge in [0.2, 0.25) is 10.0 Å². The Kier molecular flexibility index (Phi) is 7.13. The highest BCUT2D eigenvalue weighted by molar-refractivity contribution is 7.89. The molecule has 0 amide bonds. The topological polar surface area (TPSA) is 105 Å². The Balaban J connectivity index is 1.51. The van der Waals surface area contributed by atoms with Crippen LogP contribution in [0.25, 0.3) is 0 Å². The lowest BCUT2D eigenvalue weighted by atomic mass is 10.1. The number of benzene rings is 2. The maximum absolute atomic E-state index is 13.2. The van der Waals surface area contributed by atoms with Crippen LogP contribution in [0.5, 0.6) is 11.5 Å². The molecule has 184 valence electrons. The lowest BCUT2D eigenvalue weighted by Crippen LogP contribution is -2.48. The van der Waals surface area contributed by atoms with Gasteiger partial charge in [0.05, 0.1) is 24.0 Å². The molecule has 2 aromatic carbocycles. The molecule has 0 bridgehead atoms. The van der Waals surface area contributed by atoms with Crippen LogP contribution in [0.2, 0.25) is 0 Å². The third kappa shape index (κ3) is 4.76. The largest absolute Gasteiger partial charge is 0.493 e. The summed E-state index contributed by atoms with van der Waals surface area (Å²) in [5.74, 6) is 0.826. The van der Waals surface area contributed by atoms with Gasteiger partial charge in [0.1, 0.15) is 5.69 Å². The van der Waals surface area contributed by atoms with Crippen molar-refractivity contribution >= 4 is 27.1 Å². The van der Waals surface area contributed by atoms with Crippen LogP contribution < -0.4 is 19.3 Å². The van der Waals surface area contributed by atoms with Crippen molar-refractivity contribution in [3.63, 3.8) is 0 Å². The first-order valence-corrected chi connectivity index (χ1v) is 12.8. The number of piperidine rings is 1. The van der Waals surface area contributed by atoms with Crippen LogP contribution in [0.1, 0.15) is 19.3 Å². The van der Waals surface area contributed by atoms with Crippen molar-refractivity contribution in [2.45, 2.75) is 24.2 Å². The van der Waals surface area contributed by atoms with Crippen LogP contribution in [-0.4, -0.2) is 71.1 Å². The molecule has 2 saturated heterocycles. The molecule has 0 saturated carbocycles. The third-order valence-electron chi connectivity index (χ3n) is 6.45. The zero-order valence-corrected chi connectivity index (χ0v) is 20.3. The summed E-state index contributed by atoms with van der Waals surface area (Å²) in [6, 6.07) is 9.77. The lowest BCUT2D eigenvalue weighted by molar-refractivity contribution is -0.384. The lowest BCUT2D eigenvalue weighted by Gasteiger charge is -2.36. The molecule has 2 aliphatic heterocycles. The molecule has 2 heterocycles. The van der Waals surface area contributed by atoms with Crippen molar-refractivity contribution in [1.82, 2.24) is 4.31 Å². The normalized spacial score (nSPS) is 17.5. The van der Waals surface area contributed by atoms with E-state index in [1.54, 1.807) is 18.2 Å². The molecular formula is C23H30N4O6S. The standard InChI is InChI=1S/C23H30N4O6S/c1-32-22-9-7-19(17-23(22)33-2)34(30,31)26-14-12-24(13-15-26)18-6-8-20(27(28)29)21(16-18)25-10-4-3-5-11-25/h6-9,16-17H,3-5,10-15H2,1-2H3. The summed E-state index contributed by atoms with van der Waals surface area (Å²) in [7, 11) is -0.727. The van der Waals surface area contributed by atoms with E-state index in [0.717, 1.165) is 38.0 Å². The fourth-order valence-electron chi connectivity index (χ4n) is 4.56. The van der Waals surface area contributed by atoms with Gasteiger partial charge >= 0.3 is 0 Å². The minimum atomic E-state index is -3.69. The predicted molar refractivity (Wildman–Crippen MR) is 130 cm³/mol. The molecule has 4 rings (SSSR count). The summed E-state index contributed by atoms with van der Waals surface area (Å²) in [6.45, 7) is 3.22. The van der Waals surface area contributed by atoms with E-state index in [0.29, 0.717) is 43.4 Å². The number of nitro groups is 1. The molecule has 2 aromatic rings. The Morgan fingerprint density at radius 1 is 0.824 bits per heavy atom. The Morgan fingerprint density at radius 3 is 2.12 bits per heavy atom. The van der Waals surface area contributed by atoms with Gasteiger partial charge in [0.25, 0.3) is 5.69 Å². The maximum Gasteiger partial charge on any atom is 0.292 e. The Hall–Kier alpha value is -3.05. The van der Waals surface area contributed by atoms with Crippen molar-refractivity contribution in [2.24, 2.45) is 0 Å². The van der Waals surface area contributed by atoms with Crippen molar-refractivity contribution < 1.29 is 22.8 Å². The van der Waals surface area contributed by atoms with Gasteiger partial charge in [-0.25, -0.2) is 8.42 Å². The van der Waals surface area contributed by atoms with Crippen LogP contribution >= 0.6 is 0 Å². The number of sulfonamides is 1. The smallest absolute Gasteiger partial charge is 0.292 e. The van der Waals surface area contributed by atoms with E-state index in [4.69, 9.17) is 9.47 Å². The fourth-order valence-corrected chi connectivity index (χ4v) is 6.00. The first-order chi connectivity index (χ1) is 16.3. The Labute approximate surface area is 199 Å². The fraction of sp³-hybridized carbons (Fsp3) is 0.478. The van der Waals surface area contributed by atoms with Gasteiger partial charge < -0.3 is 19.3 Å². The quantitative estimate of drug-likeness (QED) is 0.431. The molecule has 0 N–H and O–H groups in total. The molecule has 11 heteroatoms. The van der Waals surface area contributed by atoms with Crippen LogP contribution in [-0.2, 0) is 10.0 Å². The highest BCUT2D eigenvalue weighted by Gasteiger charge is 2.30. The van der Waals surface area contributed by atoms with Crippen LogP contribution in [0.4, 0.5) is 17.1 Å². The average molecular weight is 491 g/mol. The summed E-state index contributed by atoms with van der Waals surface area (Å²) in [5.41, 5.74) is 1.62. The molecule has 0 atom stereocenters. The molecule has 0 radical (unpaired) electrons. The van der Waals surface area contributed by atoms with Gasteiger partial charge in [0, 0.05) is 57.1 Å². The maximum atomic E-state index is 13.2. The second kappa shape index (κ2) is 10.1. The van der Waals surface area contributed by atoms with E-state index in [1.807, 2.05) is 6.07 Å². The number of nitro benzene ring substituents is 1. The summed E-state index contributed by atoms with van der Waals surface area (Å²) in [4.78, 5) is 15.6. The number of piperazine rings is 1. The zero-order chi connectivity index (χ0) is 24.3. The molecule has 0 spiro atoms. The molecule has 0 aromatic heterocycles. The Bertz CT molecular complexity index is 1140. The SMILES string of the molecule is COc1ccc(S(=O)(=O)N2CCN(c3ccc([N+](=O)[O-])c(N4CCCCC4)c3)CC2)cc1OC. The van der Waals surface area contributed by atoms with E-state index < -0.39 is 10.0 Å². The van der Waals surface area contributed by atoms with Gasteiger partial charge in [-0.05, 0) is 43.5 Å². The summed E-state index contributed by atoms with van der Waals surface area (Å²) in [5, 5.41) is 11.6. The molecule has 10 nitrogen and oxygen atoms in total. The highest BCUT2D eigenvalue weighted by Crippen LogP contribution is 2.35. The van der Waals surface area contributed by atoms with Gasteiger partial charge in [-0.2, -0.15) is 4.31 Å². The van der Waals surface area contributed by atoms with Crippen LogP contribution in [0, 0.1) is 10.1 Å². The monoisotopic (exact) mass is 490 g/mol. The summed E-state index contributed by atoms with van der Waals surface area (Å²) >= 11 is 0. The molecule has 2 aliphatic rings. The number of nitrogens with zero attached hydrogens (tertiary/aromatic N) is 4. The van der Waals surface area contributed by atoms with E-state index in [1.165, 1.54) is 30.7 Å². The number of methoxy groups -OCH3 is 2. The van der Waals surface area contributed by atoms with Crippen LogP contribution in [0.15, 0.2) is 41.3 Å². The second-order valence-electron chi connectivity index (χ2n) is 8.39. The number of ether oxygens (including phenoxy) is 2. The van der Waals surface area contributed by atoms with Gasteiger partial charge in [0.15, 0.2) is 11.5 Å². The van der Waals surface area contributed by atoms with E-state index in [2.05, 4.69) is 9.80 Å². The number of hydrogen-bond acceptors (Lipinski definition) is 8. The molecule has 0 aliphatic carbocycles. The summed E-state index contributed by atoms with van der Waals surface area (Å²) in [6.07, 6.45) is 3.18. The molecular weight excluding hydrogens is 460 g/mol. The predicted octanol–water partition coefficient (Wildman–Crippen LogP) is 3.11. The van der Waals surface area contributed by atoms with Crippen LogP contribution in [0.3, 0.4) is 0 Å². The number of hydrogen-bond donors (Lipinski definition) is 0. The number of rotatable bonds is 7. The molecule has 34 heavy (non-hydrogen) atoms. The van der Waals surface area contributed by atoms with Crippen molar-refractivity contribution in [1.29, 1.82) is 0 Å². The first-order valence-electron chi connectivity index (χ1n) is 11.4. The number of anilines is 2. The van der Waals surface area contributed by atoms with E-state index >= 15 is 0 Å². The molecule has 2 fully saturated rings. The van der Waals surface area contributed by atoms with Crippen molar-refractivity contribution in [2.75, 3.05) is 63.3 Å². The van der Waals surface area contributed by atoms with Crippen molar-refractivity contribution in [3.8, 4) is 11.5 Å². The second-order valence-corrected chi connectivity index (χ2v) is 10.3. The van der Waals surface area contributed by atoms with E-state index in [-0.39, 0.29) is 15.5 Å². The first kappa shape index (κ1) is 24.1. The van der Waals surface area contributed by atoms with Crippen molar-refractivity contribution in [3.05, 3.63) is 46.5 Å². The average Bonchev–Trinajstić information content (AvgIpc) is 2.88. The molecule has 0 unspecified atom stereocenters. The summed E-state index contributed by atoms with van der Waals surface area (Å²) < 4.78 is 38.3. The Morgan fingerprint density at radius 2 is 1.50 bits per heavy atom. The zero-order valence-electron chi connectivity index (χ0n) is 19.5.